The second-order valence-electron chi connectivity index (χ2n) is 7.24. The predicted octanol–water partition coefficient (Wildman–Crippen LogP) is 2.73. The Labute approximate surface area is 188 Å². The van der Waals surface area contributed by atoms with Crippen molar-refractivity contribution in [3.8, 4) is 0 Å². The molecule has 3 rings (SSSR count). The molecule has 1 atom stereocenters. The molecule has 0 saturated carbocycles. The van der Waals surface area contributed by atoms with E-state index in [0.29, 0.717) is 32.0 Å². The fourth-order valence-electron chi connectivity index (χ4n) is 3.78. The van der Waals surface area contributed by atoms with Gasteiger partial charge in [-0.3, -0.25) is 9.79 Å². The van der Waals surface area contributed by atoms with E-state index in [9.17, 15) is 13.6 Å². The summed E-state index contributed by atoms with van der Waals surface area (Å²) < 4.78 is 28.0. The van der Waals surface area contributed by atoms with Crippen LogP contribution in [0.25, 0.3) is 0 Å². The number of anilines is 1. The Balaban J connectivity index is 0.00000300. The van der Waals surface area contributed by atoms with E-state index in [2.05, 4.69) is 15.6 Å². The normalized spacial score (nSPS) is 19.5. The Bertz CT molecular complexity index is 698. The number of para-hydroxylation sites is 1. The van der Waals surface area contributed by atoms with Crippen LogP contribution in [0.15, 0.2) is 23.2 Å². The number of carbonyl (C=O) groups is 1. The SMILES string of the molecule is CCNC(=NCCCN1CCCC1=O)NC1CCN(c2c(F)cccc2F)C1.I. The van der Waals surface area contributed by atoms with Gasteiger partial charge in [0.25, 0.3) is 0 Å². The monoisotopic (exact) mass is 521 g/mol. The molecule has 1 unspecified atom stereocenters. The van der Waals surface area contributed by atoms with E-state index in [4.69, 9.17) is 0 Å². The topological polar surface area (TPSA) is 60.0 Å². The first-order valence-electron chi connectivity index (χ1n) is 10.1. The van der Waals surface area contributed by atoms with Crippen LogP contribution in [0, 0.1) is 11.6 Å². The van der Waals surface area contributed by atoms with Gasteiger partial charge in [0, 0.05) is 51.7 Å². The van der Waals surface area contributed by atoms with Crippen LogP contribution in [-0.4, -0.2) is 62.1 Å². The molecule has 2 N–H and O–H groups in total. The van der Waals surface area contributed by atoms with Gasteiger partial charge < -0.3 is 20.4 Å². The lowest BCUT2D eigenvalue weighted by atomic mass is 10.2. The zero-order valence-corrected chi connectivity index (χ0v) is 19.1. The van der Waals surface area contributed by atoms with Crippen LogP contribution in [0.2, 0.25) is 0 Å². The number of nitrogens with zero attached hydrogens (tertiary/aromatic N) is 3. The van der Waals surface area contributed by atoms with Crippen molar-refractivity contribution >= 4 is 41.5 Å². The number of benzene rings is 1. The van der Waals surface area contributed by atoms with Gasteiger partial charge >= 0.3 is 0 Å². The molecule has 0 radical (unpaired) electrons. The predicted molar refractivity (Wildman–Crippen MR) is 122 cm³/mol. The zero-order chi connectivity index (χ0) is 19.9. The van der Waals surface area contributed by atoms with E-state index in [1.165, 1.54) is 18.2 Å². The van der Waals surface area contributed by atoms with Crippen molar-refractivity contribution in [2.45, 2.75) is 38.6 Å². The molecule has 9 heteroatoms. The highest BCUT2D eigenvalue weighted by Crippen LogP contribution is 2.26. The first kappa shape index (κ1) is 23.6. The number of amides is 1. The Morgan fingerprint density at radius 3 is 2.69 bits per heavy atom. The summed E-state index contributed by atoms with van der Waals surface area (Å²) in [4.78, 5) is 19.9. The molecule has 162 valence electrons. The standard InChI is InChI=1S/C20H29F2N5O.HI/c1-2-23-20(24-10-5-12-26-11-4-8-18(26)28)25-15-9-13-27(14-15)19-16(21)6-3-7-17(19)22;/h3,6-7,15H,2,4-5,8-14H2,1H3,(H2,23,24,25);1H. The first-order chi connectivity index (χ1) is 13.6. The molecule has 1 aromatic rings. The molecule has 1 aromatic carbocycles. The van der Waals surface area contributed by atoms with Crippen LogP contribution in [0.5, 0.6) is 0 Å². The van der Waals surface area contributed by atoms with Gasteiger partial charge in [0.1, 0.15) is 17.3 Å². The number of hydrogen-bond acceptors (Lipinski definition) is 3. The van der Waals surface area contributed by atoms with Crippen molar-refractivity contribution in [2.75, 3.05) is 44.2 Å². The third-order valence-corrected chi connectivity index (χ3v) is 5.15. The van der Waals surface area contributed by atoms with Crippen molar-refractivity contribution in [1.82, 2.24) is 15.5 Å². The first-order valence-corrected chi connectivity index (χ1v) is 10.1. The van der Waals surface area contributed by atoms with E-state index in [0.717, 1.165) is 38.9 Å². The van der Waals surface area contributed by atoms with Crippen LogP contribution >= 0.6 is 24.0 Å². The molecule has 2 heterocycles. The lowest BCUT2D eigenvalue weighted by molar-refractivity contribution is -0.127. The number of carbonyl (C=O) groups excluding carboxylic acids is 1. The molecule has 0 spiro atoms. The summed E-state index contributed by atoms with van der Waals surface area (Å²) in [6.45, 7) is 6.05. The molecular formula is C20H30F2IN5O. The van der Waals surface area contributed by atoms with E-state index in [1.807, 2.05) is 11.8 Å². The summed E-state index contributed by atoms with van der Waals surface area (Å²) >= 11 is 0. The number of aliphatic imine (C=N–C) groups is 1. The summed E-state index contributed by atoms with van der Waals surface area (Å²) in [5.41, 5.74) is 0.0454. The highest BCUT2D eigenvalue weighted by Gasteiger charge is 2.27. The number of hydrogen-bond donors (Lipinski definition) is 2. The Morgan fingerprint density at radius 2 is 2.03 bits per heavy atom. The third kappa shape index (κ3) is 6.42. The lowest BCUT2D eigenvalue weighted by Gasteiger charge is -2.21. The lowest BCUT2D eigenvalue weighted by Crippen LogP contribution is -2.44. The van der Waals surface area contributed by atoms with Crippen molar-refractivity contribution in [3.63, 3.8) is 0 Å². The number of halogens is 3. The van der Waals surface area contributed by atoms with Gasteiger partial charge in [-0.25, -0.2) is 8.78 Å². The van der Waals surface area contributed by atoms with Crippen LogP contribution in [0.3, 0.4) is 0 Å². The van der Waals surface area contributed by atoms with Crippen LogP contribution in [0.1, 0.15) is 32.6 Å². The van der Waals surface area contributed by atoms with Gasteiger partial charge in [-0.1, -0.05) is 6.07 Å². The maximum atomic E-state index is 14.0. The molecule has 29 heavy (non-hydrogen) atoms. The molecule has 2 aliphatic rings. The summed E-state index contributed by atoms with van der Waals surface area (Å²) in [6.07, 6.45) is 3.21. The van der Waals surface area contributed by atoms with Crippen LogP contribution in [-0.2, 0) is 4.79 Å². The fraction of sp³-hybridized carbons (Fsp3) is 0.600. The summed E-state index contributed by atoms with van der Waals surface area (Å²) in [5.74, 6) is -0.119. The number of likely N-dealkylation sites (tertiary alicyclic amines) is 1. The van der Waals surface area contributed by atoms with Gasteiger partial charge in [-0.05, 0) is 38.3 Å². The van der Waals surface area contributed by atoms with E-state index in [-0.39, 0.29) is 41.6 Å². The Hall–Kier alpha value is -1.65. The molecule has 0 aromatic heterocycles. The number of rotatable bonds is 7. The second-order valence-corrected chi connectivity index (χ2v) is 7.24. The minimum absolute atomic E-state index is 0. The third-order valence-electron chi connectivity index (χ3n) is 5.15. The quantitative estimate of drug-likeness (QED) is 0.251. The molecular weight excluding hydrogens is 491 g/mol. The van der Waals surface area contributed by atoms with Gasteiger partial charge in [0.15, 0.2) is 5.96 Å². The van der Waals surface area contributed by atoms with E-state index < -0.39 is 11.6 Å². The van der Waals surface area contributed by atoms with Crippen molar-refractivity contribution < 1.29 is 13.6 Å². The Morgan fingerprint density at radius 1 is 1.28 bits per heavy atom. The van der Waals surface area contributed by atoms with Crippen molar-refractivity contribution in [3.05, 3.63) is 29.8 Å². The highest BCUT2D eigenvalue weighted by atomic mass is 127. The average molecular weight is 521 g/mol. The molecule has 2 aliphatic heterocycles. The molecule has 6 nitrogen and oxygen atoms in total. The smallest absolute Gasteiger partial charge is 0.222 e. The Kier molecular flexibility index (Phi) is 9.38. The zero-order valence-electron chi connectivity index (χ0n) is 16.8. The minimum Gasteiger partial charge on any atom is -0.365 e. The van der Waals surface area contributed by atoms with Crippen molar-refractivity contribution in [1.29, 1.82) is 0 Å². The van der Waals surface area contributed by atoms with Crippen LogP contribution in [0.4, 0.5) is 14.5 Å². The molecule has 0 aliphatic carbocycles. The van der Waals surface area contributed by atoms with Gasteiger partial charge in [-0.15, -0.1) is 24.0 Å². The summed E-state index contributed by atoms with van der Waals surface area (Å²) in [7, 11) is 0. The van der Waals surface area contributed by atoms with E-state index in [1.54, 1.807) is 4.90 Å². The maximum absolute atomic E-state index is 14.0. The highest BCUT2D eigenvalue weighted by molar-refractivity contribution is 14.0. The minimum atomic E-state index is -0.530. The average Bonchev–Trinajstić information content (AvgIpc) is 3.28. The van der Waals surface area contributed by atoms with Crippen LogP contribution < -0.4 is 15.5 Å². The van der Waals surface area contributed by atoms with Gasteiger partial charge in [0.05, 0.1) is 0 Å². The largest absolute Gasteiger partial charge is 0.365 e. The fourth-order valence-corrected chi connectivity index (χ4v) is 3.78. The second kappa shape index (κ2) is 11.5. The maximum Gasteiger partial charge on any atom is 0.222 e. The molecule has 1 amide bonds. The summed E-state index contributed by atoms with van der Waals surface area (Å²) in [5, 5.41) is 6.58. The van der Waals surface area contributed by atoms with Gasteiger partial charge in [-0.2, -0.15) is 0 Å². The number of nitrogens with one attached hydrogen (secondary N) is 2. The van der Waals surface area contributed by atoms with Gasteiger partial charge in [0.2, 0.25) is 5.91 Å². The number of guanidine groups is 1. The van der Waals surface area contributed by atoms with Crippen molar-refractivity contribution in [2.24, 2.45) is 4.99 Å². The molecule has 2 fully saturated rings. The summed E-state index contributed by atoms with van der Waals surface area (Å²) in [6, 6.07) is 4.02. The molecule has 0 bridgehead atoms. The molecule has 2 saturated heterocycles. The van der Waals surface area contributed by atoms with E-state index >= 15 is 0 Å².